The number of rotatable bonds is 33. The molecule has 0 saturated carbocycles. The van der Waals surface area contributed by atoms with Crippen molar-refractivity contribution in [1.29, 1.82) is 0 Å². The standard InChI is InChI=1S/C30H32Cl2N6O9S2.C21H16Cl2N6O8S2.C9H18O2.CH4.FH.2Na/c1-2-3-4-5-6-10-13-25(39)46-14-15-47-49(44,45)23-16-19-17-24(48(41,42)43)26(38-37-20-11-8-7-9-12-20)27(40)21(19)18-22(23)33-30-35-28(31)34-29(32)36-30;22-19-25-20(23)27-21(26-19)24-14-10-13-11(8-15(14)39(35,36)37-7-6-30)9-16(38(32,33)34)17(18(13)31)29-28-12-4-2-1-3-5-12;1-2-3-4-5-6-7-8-9(10)11;;;;/h7-9,11-12,16-18,40H,2-6,10,13-15H2,1H3,(H,41,42,43)(H,33,34,35,36);1-5,8-10,30-31H,6-7H2,(H,32,33,34)(H,24,25,26,27);2-8H2,1H3,(H,10,11);1H4;1H;;/q;;;;;2*+1/p-2. The fourth-order valence-electron chi connectivity index (χ4n) is 8.89. The van der Waals surface area contributed by atoms with Crippen molar-refractivity contribution in [2.75, 3.05) is 37.1 Å². The summed E-state index contributed by atoms with van der Waals surface area (Å²) in [4.78, 5) is 41.6. The number of ether oxygens (including phenoxy) is 1. The summed E-state index contributed by atoms with van der Waals surface area (Å²) in [5.41, 5.74) is -1.35. The molecule has 8 aromatic rings. The summed E-state index contributed by atoms with van der Waals surface area (Å²) < 4.78 is 141. The quantitative estimate of drug-likeness (QED) is 0.00560. The van der Waals surface area contributed by atoms with E-state index in [1.54, 1.807) is 60.7 Å². The molecule has 0 radical (unpaired) electrons. The van der Waals surface area contributed by atoms with Crippen molar-refractivity contribution >= 4 is 166 Å². The second-order valence-corrected chi connectivity index (χ2v) is 28.0. The number of azo groups is 2. The third kappa shape index (κ3) is 29.6. The molecule has 0 aliphatic rings. The number of phenolic OH excluding ortho intramolecular Hbond substituents is 2. The van der Waals surface area contributed by atoms with Crippen LogP contribution in [0.15, 0.2) is 137 Å². The molecule has 0 spiro atoms. The van der Waals surface area contributed by atoms with E-state index in [0.717, 1.165) is 81.3 Å². The van der Waals surface area contributed by atoms with Gasteiger partial charge in [0.15, 0.2) is 11.5 Å². The maximum atomic E-state index is 13.5. The maximum absolute atomic E-state index is 13.5. The van der Waals surface area contributed by atoms with Crippen LogP contribution in [0.2, 0.25) is 21.1 Å². The van der Waals surface area contributed by atoms with Crippen LogP contribution in [0, 0.1) is 0 Å². The number of nitrogens with zero attached hydrogens (tertiary/aromatic N) is 10. The number of carboxylic acids is 1. The monoisotopic (exact) mass is 1610 g/mol. The number of carbonyl (C=O) groups is 2. The number of aliphatic hydroxyl groups is 1. The van der Waals surface area contributed by atoms with E-state index >= 15 is 0 Å². The Hall–Kier alpha value is -6.11. The first-order chi connectivity index (χ1) is 46.9. The minimum Gasteiger partial charge on any atom is -0.744 e. The van der Waals surface area contributed by atoms with Gasteiger partial charge in [-0.1, -0.05) is 122 Å². The fourth-order valence-corrected chi connectivity index (χ4v) is 13.0. The predicted octanol–water partition coefficient (Wildman–Crippen LogP) is 8.52. The van der Waals surface area contributed by atoms with Gasteiger partial charge in [-0.2, -0.15) is 57.0 Å². The summed E-state index contributed by atoms with van der Waals surface area (Å²) in [5, 5.41) is 58.1. The van der Waals surface area contributed by atoms with E-state index in [1.165, 1.54) is 25.7 Å². The van der Waals surface area contributed by atoms with E-state index in [2.05, 4.69) is 74.8 Å². The van der Waals surface area contributed by atoms with Crippen LogP contribution < -0.4 is 69.7 Å². The first-order valence-corrected chi connectivity index (χ1v) is 37.1. The number of hydrogen-bond acceptors (Lipinski definition) is 30. The molecule has 0 saturated heterocycles. The van der Waals surface area contributed by atoms with Crippen LogP contribution in [0.5, 0.6) is 11.5 Å². The van der Waals surface area contributed by atoms with Gasteiger partial charge in [0.05, 0.1) is 45.8 Å². The van der Waals surface area contributed by atoms with Gasteiger partial charge in [-0.15, -0.1) is 10.2 Å². The Bertz CT molecular complexity index is 4660. The number of aromatic hydroxyl groups is 2. The molecule has 548 valence electrons. The third-order valence-corrected chi connectivity index (χ3v) is 18.6. The molecule has 0 amide bonds. The van der Waals surface area contributed by atoms with Gasteiger partial charge in [-0.05, 0) is 131 Å². The Labute approximate surface area is 657 Å². The number of fused-ring (bicyclic) bond motifs is 2. The van der Waals surface area contributed by atoms with Crippen LogP contribution >= 0.6 is 46.4 Å². The van der Waals surface area contributed by atoms with Crippen LogP contribution in [0.3, 0.4) is 0 Å². The number of esters is 1. The molecular weight excluding hydrogens is 1540 g/mol. The number of benzene rings is 6. The molecule has 2 heterocycles. The molecular formula is C61H69Cl4FN12Na2O19S4. The summed E-state index contributed by atoms with van der Waals surface area (Å²) in [7, 11) is -19.8. The summed E-state index contributed by atoms with van der Waals surface area (Å²) in [6, 6.07) is 21.9. The number of nitrogens with one attached hydrogen (secondary N) is 2. The topological polar surface area (TPSA) is 476 Å². The number of anilines is 4. The van der Waals surface area contributed by atoms with Crippen molar-refractivity contribution in [1.82, 2.24) is 29.9 Å². The van der Waals surface area contributed by atoms with Crippen LogP contribution in [0.4, 0.5) is 50.7 Å². The zero-order valence-corrected chi connectivity index (χ0v) is 65.2. The largest absolute Gasteiger partial charge is 1.00 e. The zero-order valence-electron chi connectivity index (χ0n) is 54.9. The Morgan fingerprint density at radius 1 is 0.495 bits per heavy atom. The molecule has 2 aromatic heterocycles. The average Bonchev–Trinajstić information content (AvgIpc) is 0.756. The maximum Gasteiger partial charge on any atom is 1.00 e. The number of aromatic nitrogens is 6. The van der Waals surface area contributed by atoms with Gasteiger partial charge in [0.1, 0.15) is 54.6 Å². The van der Waals surface area contributed by atoms with Crippen molar-refractivity contribution in [3.05, 3.63) is 118 Å². The van der Waals surface area contributed by atoms with Gasteiger partial charge in [0, 0.05) is 23.6 Å². The molecule has 0 aliphatic heterocycles. The third-order valence-electron chi connectivity index (χ3n) is 13.5. The van der Waals surface area contributed by atoms with Crippen molar-refractivity contribution in [2.45, 2.75) is 131 Å². The summed E-state index contributed by atoms with van der Waals surface area (Å²) >= 11 is 23.4. The number of aliphatic hydroxyl groups excluding tert-OH is 1. The van der Waals surface area contributed by atoms with Crippen molar-refractivity contribution in [2.24, 2.45) is 20.5 Å². The molecule has 0 fully saturated rings. The normalized spacial score (nSPS) is 11.5. The van der Waals surface area contributed by atoms with Gasteiger partial charge in [-0.25, -0.2) is 16.8 Å². The smallest absolute Gasteiger partial charge is 0.744 e. The Morgan fingerprint density at radius 3 is 1.20 bits per heavy atom. The number of carbonyl (C=O) groups excluding carboxylic acids is 1. The fraction of sp³-hybridized carbons (Fsp3) is 0.344. The van der Waals surface area contributed by atoms with Crippen molar-refractivity contribution < 1.29 is 150 Å². The van der Waals surface area contributed by atoms with E-state index in [1.807, 2.05) is 0 Å². The Kier molecular flexibility index (Phi) is 40.4. The number of halogens is 5. The van der Waals surface area contributed by atoms with Crippen LogP contribution in [-0.2, 0) is 63.2 Å². The molecule has 0 aliphatic carbocycles. The molecule has 0 unspecified atom stereocenters. The number of unbranched alkanes of at least 4 members (excludes halogenated alkanes) is 10. The molecule has 103 heavy (non-hydrogen) atoms. The molecule has 6 N–H and O–H groups in total. The Balaban J connectivity index is 0.000000599. The van der Waals surface area contributed by atoms with Crippen LogP contribution in [-0.4, -0.2) is 131 Å². The van der Waals surface area contributed by atoms with Crippen molar-refractivity contribution in [3.63, 3.8) is 0 Å². The van der Waals surface area contributed by atoms with Gasteiger partial charge in [0.2, 0.25) is 33.0 Å². The van der Waals surface area contributed by atoms with Crippen LogP contribution in [0.1, 0.15) is 111 Å². The molecule has 0 bridgehead atoms. The van der Waals surface area contributed by atoms with Crippen LogP contribution in [0.25, 0.3) is 21.5 Å². The minimum atomic E-state index is -5.27. The number of carboxylic acid groups (broad SMARTS) is 1. The second kappa shape index (κ2) is 44.8. The molecule has 0 atom stereocenters. The number of aliphatic carboxylic acids is 1. The number of phenols is 2. The summed E-state index contributed by atoms with van der Waals surface area (Å²) in [6.45, 7) is 2.11. The first kappa shape index (κ1) is 93.0. The van der Waals surface area contributed by atoms with E-state index < -0.39 is 115 Å². The van der Waals surface area contributed by atoms with Gasteiger partial charge in [0.25, 0.3) is 20.2 Å². The molecule has 31 nitrogen and oxygen atoms in total. The van der Waals surface area contributed by atoms with E-state index in [0.29, 0.717) is 18.5 Å². The zero-order chi connectivity index (χ0) is 72.5. The molecule has 8 rings (SSSR count). The minimum absolute atomic E-state index is 0. The predicted molar refractivity (Wildman–Crippen MR) is 372 cm³/mol. The van der Waals surface area contributed by atoms with Gasteiger partial charge < -0.3 is 44.9 Å². The summed E-state index contributed by atoms with van der Waals surface area (Å²) in [5.74, 6) is -3.36. The van der Waals surface area contributed by atoms with E-state index in [9.17, 15) is 62.6 Å². The van der Waals surface area contributed by atoms with Gasteiger partial charge >= 0.3 is 71.1 Å². The second-order valence-electron chi connectivity index (χ2n) is 20.8. The molecule has 6 aromatic carbocycles. The van der Waals surface area contributed by atoms with Crippen molar-refractivity contribution in [3.8, 4) is 11.5 Å². The van der Waals surface area contributed by atoms with Gasteiger partial charge in [-0.3, -0.25) is 22.7 Å². The summed E-state index contributed by atoms with van der Waals surface area (Å²) in [6.07, 6.45) is 13.3. The molecule has 42 heteroatoms. The Morgan fingerprint density at radius 2 is 0.845 bits per heavy atom. The van der Waals surface area contributed by atoms with E-state index in [-0.39, 0.29) is 156 Å². The average molecular weight is 1610 g/mol. The van der Waals surface area contributed by atoms with E-state index in [4.69, 9.17) is 69.7 Å². The first-order valence-electron chi connectivity index (χ1n) is 29.9. The SMILES string of the molecule is C.CCCCCCCCC(=O)O.CCCCCCCCC(=O)OCCOS(=O)(=O)c1cc2cc(S(=O)(=O)[O-])c(N=Nc3ccccc3)c(O)c2cc1Nc1nc(Cl)nc(Cl)n1.F.O=S(=O)([O-])c1cc2cc(S(=O)(=O)OCCO)c(Nc3nc(Cl)nc(Cl)n3)cc2c(O)c1N=Nc1ccccc1.[Na+].[Na+]. The number of hydrogen-bond donors (Lipinski definition) is 6.